The number of hydrogen-bond donors (Lipinski definition) is 21. The van der Waals surface area contributed by atoms with E-state index in [1.807, 2.05) is 16.0 Å². The number of aliphatic imine (C=N–C) groups is 2. The molecule has 11 amide bonds. The lowest BCUT2D eigenvalue weighted by atomic mass is 10.0. The van der Waals surface area contributed by atoms with Crippen molar-refractivity contribution in [1.82, 2.24) is 47.9 Å². The van der Waals surface area contributed by atoms with Crippen LogP contribution in [0, 0.1) is 0 Å². The Bertz CT molecular complexity index is 2450. The van der Waals surface area contributed by atoms with Gasteiger partial charge in [-0.3, -0.25) is 86.7 Å². The Morgan fingerprint density at radius 3 is 0.880 bits per heavy atom. The molecule has 4 unspecified atom stereocenters. The van der Waals surface area contributed by atoms with Gasteiger partial charge in [0.25, 0.3) is 0 Å². The summed E-state index contributed by atoms with van der Waals surface area (Å²) < 4.78 is 0. The van der Waals surface area contributed by atoms with E-state index in [-0.39, 0.29) is 38.3 Å². The highest BCUT2D eigenvalue weighted by molar-refractivity contribution is 6.00. The van der Waals surface area contributed by atoms with Gasteiger partial charge >= 0.3 is 29.8 Å². The molecule has 0 aromatic rings. The van der Waals surface area contributed by atoms with E-state index in [0.717, 1.165) is 6.92 Å². The average Bonchev–Trinajstić information content (AvgIpc) is 3.43. The number of carboxylic acids is 5. The number of primary amides is 2. The maximum atomic E-state index is 14.0. The second-order valence-corrected chi connectivity index (χ2v) is 17.9. The summed E-state index contributed by atoms with van der Waals surface area (Å²) in [5.41, 5.74) is 32.0. The van der Waals surface area contributed by atoms with E-state index in [9.17, 15) is 107 Å². The molecule has 0 saturated heterocycles. The van der Waals surface area contributed by atoms with Gasteiger partial charge in [-0.05, 0) is 44.9 Å². The zero-order valence-corrected chi connectivity index (χ0v) is 44.6. The number of carboxylic acid groups (broad SMARTS) is 5. The number of guanidine groups is 2. The third-order valence-electron chi connectivity index (χ3n) is 11.0. The van der Waals surface area contributed by atoms with Gasteiger partial charge in [0.1, 0.15) is 54.4 Å². The Kier molecular flexibility index (Phi) is 33.3. The van der Waals surface area contributed by atoms with E-state index in [1.54, 1.807) is 0 Å². The van der Waals surface area contributed by atoms with Crippen LogP contribution in [0.5, 0.6) is 0 Å². The van der Waals surface area contributed by atoms with Crippen LogP contribution in [0.4, 0.5) is 0 Å². The lowest BCUT2D eigenvalue weighted by molar-refractivity contribution is -0.143. The first-order chi connectivity index (χ1) is 38.7. The minimum absolute atomic E-state index is 0.0170. The smallest absolute Gasteiger partial charge is 0.305 e. The van der Waals surface area contributed by atoms with Crippen molar-refractivity contribution in [2.24, 2.45) is 44.4 Å². The van der Waals surface area contributed by atoms with Crippen LogP contribution in [0.2, 0.25) is 0 Å². The van der Waals surface area contributed by atoms with Crippen molar-refractivity contribution >= 4 is 107 Å². The number of carbonyl (C=O) groups is 16. The summed E-state index contributed by atoms with van der Waals surface area (Å²) in [6.45, 7) is -0.327. The van der Waals surface area contributed by atoms with Crippen LogP contribution >= 0.6 is 0 Å². The van der Waals surface area contributed by atoms with Crippen molar-refractivity contribution < 1.29 is 107 Å². The molecule has 0 radical (unpaired) electrons. The molecule has 464 valence electrons. The van der Waals surface area contributed by atoms with E-state index in [2.05, 4.69) is 41.9 Å². The summed E-state index contributed by atoms with van der Waals surface area (Å²) in [6.07, 6.45) is -9.25. The van der Waals surface area contributed by atoms with Gasteiger partial charge in [0.05, 0.1) is 25.9 Å². The first-order valence-corrected chi connectivity index (χ1v) is 24.8. The molecule has 83 heavy (non-hydrogen) atoms. The fourth-order valence-electron chi connectivity index (χ4n) is 6.97. The summed E-state index contributed by atoms with van der Waals surface area (Å²) in [4.78, 5) is 211. The van der Waals surface area contributed by atoms with Crippen LogP contribution in [0.1, 0.15) is 90.4 Å². The molecule has 9 atom stereocenters. The lowest BCUT2D eigenvalue weighted by Crippen LogP contribution is -2.61. The number of rotatable bonds is 42. The Morgan fingerprint density at radius 1 is 0.349 bits per heavy atom. The van der Waals surface area contributed by atoms with Crippen LogP contribution < -0.4 is 82.3 Å². The molecule has 0 bridgehead atoms. The molecule has 0 saturated carbocycles. The van der Waals surface area contributed by atoms with Crippen LogP contribution in [0.15, 0.2) is 9.98 Å². The van der Waals surface area contributed by atoms with Crippen LogP contribution in [0.25, 0.3) is 0 Å². The number of aliphatic hydroxyl groups is 1. The van der Waals surface area contributed by atoms with Crippen molar-refractivity contribution in [3.8, 4) is 0 Å². The summed E-state index contributed by atoms with van der Waals surface area (Å²) in [5.74, 6) is -23.2. The molecule has 27 N–H and O–H groups in total. The van der Waals surface area contributed by atoms with E-state index in [4.69, 9.17) is 34.4 Å². The van der Waals surface area contributed by atoms with Crippen LogP contribution in [-0.2, 0) is 76.7 Å². The van der Waals surface area contributed by atoms with Gasteiger partial charge in [0, 0.05) is 39.3 Å². The van der Waals surface area contributed by atoms with Crippen LogP contribution in [-0.4, -0.2) is 211 Å². The summed E-state index contributed by atoms with van der Waals surface area (Å²) >= 11 is 0. The van der Waals surface area contributed by atoms with Gasteiger partial charge in [-0.25, -0.2) is 0 Å². The Morgan fingerprint density at radius 2 is 0.614 bits per heavy atom. The highest BCUT2D eigenvalue weighted by atomic mass is 16.4. The first-order valence-electron chi connectivity index (χ1n) is 24.8. The van der Waals surface area contributed by atoms with Gasteiger partial charge in [-0.15, -0.1) is 0 Å². The highest BCUT2D eigenvalue weighted by Crippen LogP contribution is 2.10. The molecule has 0 spiro atoms. The summed E-state index contributed by atoms with van der Waals surface area (Å²) in [5, 5.41) is 75.7. The topological polar surface area (TPSA) is 684 Å². The molecule has 0 heterocycles. The van der Waals surface area contributed by atoms with E-state index in [0.29, 0.717) is 0 Å². The third-order valence-corrected chi connectivity index (χ3v) is 11.0. The lowest BCUT2D eigenvalue weighted by Gasteiger charge is -2.27. The second kappa shape index (κ2) is 37.8. The van der Waals surface area contributed by atoms with Gasteiger partial charge in [0.15, 0.2) is 11.9 Å². The summed E-state index contributed by atoms with van der Waals surface area (Å²) in [7, 11) is 0. The molecule has 39 heteroatoms. The molecule has 0 aliphatic rings. The van der Waals surface area contributed by atoms with Crippen molar-refractivity contribution in [1.29, 1.82) is 0 Å². The molecule has 0 fully saturated rings. The van der Waals surface area contributed by atoms with Gasteiger partial charge in [-0.2, -0.15) is 0 Å². The molecule has 0 aliphatic heterocycles. The first kappa shape index (κ1) is 73.0. The van der Waals surface area contributed by atoms with E-state index < -0.39 is 226 Å². The van der Waals surface area contributed by atoms with Gasteiger partial charge in [0.2, 0.25) is 65.0 Å². The SMILES string of the molecule is CC(=O)NC(CO)C(=O)N[C@H](CCC(=O)O)C(=O)NC(CC(=O)O)C(=O)N[C@H](CC(N)=O)C(=O)NC(CCCN=C(N)N)C(=O)N[C@H](CC(=O)O)C(=O)N[C@H](CCC(=O)O)C(=O)N[C@H](CCC(=O)O)C(=O)NC(CCCN=C(N)N)C(N)=O. The second-order valence-electron chi connectivity index (χ2n) is 17.9. The monoisotopic (exact) mass is 1190 g/mol. The van der Waals surface area contributed by atoms with Gasteiger partial charge in [-0.1, -0.05) is 0 Å². The Balaban J connectivity index is 7.07. The standard InChI is InChI=1S/C44H71N17O22/c1-18(63)53-27(17-62)42(83)58-23(8-11-31(69)70)38(79)61-26(16-33(73)74)41(82)59-24(14-28(45)64)39(80)55-20(5-3-13-52-44(49)50)35(76)60-25(15-32(71)72)40(81)57-22(7-10-30(67)68)37(78)56-21(6-9-29(65)66)36(77)54-19(34(46)75)4-2-12-51-43(47)48/h19-27,62H,2-17H2,1H3,(H2,45,64)(H2,46,75)(H,53,63)(H,54,77)(H,55,80)(H,56,78)(H,57,81)(H,58,83)(H,59,82)(H,60,76)(H,61,79)(H,65,66)(H,67,68)(H,69,70)(H,71,72)(H,73,74)(H4,47,48,51)(H4,49,50,52)/t19?,20?,21-,22-,23-,24-,25-,26?,27?/m1/s1. The number of aliphatic carboxylic acids is 5. The number of nitrogens with one attached hydrogen (secondary N) is 9. The number of amides is 11. The normalized spacial score (nSPS) is 13.9. The molecular weight excluding hydrogens is 1120 g/mol. The predicted octanol–water partition coefficient (Wildman–Crippen LogP) is -10.6. The Labute approximate surface area is 470 Å². The number of hydrogen-bond acceptors (Lipinski definition) is 19. The number of nitrogens with two attached hydrogens (primary N) is 6. The highest BCUT2D eigenvalue weighted by Gasteiger charge is 2.37. The number of aliphatic hydroxyl groups excluding tert-OH is 1. The summed E-state index contributed by atoms with van der Waals surface area (Å²) in [6, 6.07) is -17.4. The maximum Gasteiger partial charge on any atom is 0.305 e. The molecule has 0 aromatic heterocycles. The molecular formula is C44H71N17O22. The van der Waals surface area contributed by atoms with Crippen molar-refractivity contribution in [3.05, 3.63) is 0 Å². The van der Waals surface area contributed by atoms with Crippen molar-refractivity contribution in [2.45, 2.75) is 145 Å². The maximum absolute atomic E-state index is 14.0. The fraction of sp³-hybridized carbons (Fsp3) is 0.591. The average molecular weight is 1190 g/mol. The zero-order valence-electron chi connectivity index (χ0n) is 44.6. The number of carbonyl (C=O) groups excluding carboxylic acids is 11. The minimum atomic E-state index is -2.23. The Hall–Kier alpha value is -9.98. The minimum Gasteiger partial charge on any atom is -0.481 e. The van der Waals surface area contributed by atoms with Crippen LogP contribution in [0.3, 0.4) is 0 Å². The predicted molar refractivity (Wildman–Crippen MR) is 278 cm³/mol. The van der Waals surface area contributed by atoms with Gasteiger partial charge < -0.3 is 113 Å². The number of nitrogens with zero attached hydrogens (tertiary/aromatic N) is 2. The third kappa shape index (κ3) is 32.0. The quantitative estimate of drug-likeness (QED) is 0.0153. The zero-order chi connectivity index (χ0) is 63.7. The van der Waals surface area contributed by atoms with E-state index >= 15 is 0 Å². The van der Waals surface area contributed by atoms with E-state index in [1.165, 1.54) is 0 Å². The largest absolute Gasteiger partial charge is 0.481 e. The molecule has 0 rings (SSSR count). The van der Waals surface area contributed by atoms with Crippen molar-refractivity contribution in [2.75, 3.05) is 19.7 Å². The van der Waals surface area contributed by atoms with Crippen molar-refractivity contribution in [3.63, 3.8) is 0 Å². The fourth-order valence-corrected chi connectivity index (χ4v) is 6.97. The molecule has 0 aromatic carbocycles. The molecule has 39 nitrogen and oxygen atoms in total. The molecule has 0 aliphatic carbocycles.